The number of hydrogen-bond donors (Lipinski definition) is 9. The number of rotatable bonds is 23. The Morgan fingerprint density at radius 3 is 1.38 bits per heavy atom. The molecule has 12 amide bonds. The lowest BCUT2D eigenvalue weighted by Gasteiger charge is -2.16. The Labute approximate surface area is 321 Å². The van der Waals surface area contributed by atoms with Gasteiger partial charge >= 0.3 is 0 Å². The number of carbonyl (C=O) groups is 12. The van der Waals surface area contributed by atoms with Gasteiger partial charge in [-0.15, -0.1) is 0 Å². The lowest BCUT2D eigenvalue weighted by atomic mass is 9.96. The molecule has 2 aliphatic rings. The Hall–Kier alpha value is -5.61. The van der Waals surface area contributed by atoms with Crippen LogP contribution in [0.1, 0.15) is 52.4 Å². The number of amides is 12. The Bertz CT molecular complexity index is 1520. The molecule has 22 nitrogen and oxygen atoms in total. The molecule has 2 heterocycles. The van der Waals surface area contributed by atoms with E-state index in [0.717, 1.165) is 9.80 Å². The third-order valence-electron chi connectivity index (χ3n) is 7.89. The SMILES string of the molecule is CC(C)CC1CC(=O)N(CCNC(=O)CNC(=O)CNC(=O)CNC(=O)CCCC(=O)NCC(=O)NCC(=O)NCC(=O)NCN2C(=O)CC(S)C2=O)C1=O. The van der Waals surface area contributed by atoms with Crippen molar-refractivity contribution >= 4 is 83.5 Å². The number of nitrogens with zero attached hydrogens (tertiary/aromatic N) is 2. The van der Waals surface area contributed by atoms with Gasteiger partial charge in [-0.25, -0.2) is 0 Å². The molecule has 2 aliphatic heterocycles. The maximum absolute atomic E-state index is 12.4. The molecular weight excluding hydrogens is 748 g/mol. The van der Waals surface area contributed by atoms with Crippen molar-refractivity contribution < 1.29 is 57.5 Å². The van der Waals surface area contributed by atoms with Crippen LogP contribution in [0.2, 0.25) is 0 Å². The van der Waals surface area contributed by atoms with E-state index >= 15 is 0 Å². The van der Waals surface area contributed by atoms with Gasteiger partial charge in [0.25, 0.3) is 0 Å². The highest BCUT2D eigenvalue weighted by Crippen LogP contribution is 2.25. The third kappa shape index (κ3) is 17.4. The van der Waals surface area contributed by atoms with Gasteiger partial charge in [-0.3, -0.25) is 67.3 Å². The first-order valence-corrected chi connectivity index (χ1v) is 18.0. The van der Waals surface area contributed by atoms with E-state index in [9.17, 15) is 57.5 Å². The molecular formula is C32H48N10O12S. The van der Waals surface area contributed by atoms with E-state index in [1.165, 1.54) is 0 Å². The van der Waals surface area contributed by atoms with Crippen molar-refractivity contribution in [3.63, 3.8) is 0 Å². The predicted octanol–water partition coefficient (Wildman–Crippen LogP) is -5.48. The van der Waals surface area contributed by atoms with Crippen molar-refractivity contribution in [2.24, 2.45) is 11.8 Å². The predicted molar refractivity (Wildman–Crippen MR) is 191 cm³/mol. The van der Waals surface area contributed by atoms with Crippen LogP contribution in [-0.4, -0.2) is 145 Å². The lowest BCUT2D eigenvalue weighted by Crippen LogP contribution is -2.47. The zero-order valence-electron chi connectivity index (χ0n) is 30.6. The van der Waals surface area contributed by atoms with Crippen molar-refractivity contribution in [1.82, 2.24) is 52.3 Å². The van der Waals surface area contributed by atoms with Crippen LogP contribution in [0.15, 0.2) is 0 Å². The summed E-state index contributed by atoms with van der Waals surface area (Å²) in [6, 6.07) is 0. The van der Waals surface area contributed by atoms with E-state index in [4.69, 9.17) is 0 Å². The van der Waals surface area contributed by atoms with E-state index in [-0.39, 0.29) is 75.5 Å². The summed E-state index contributed by atoms with van der Waals surface area (Å²) in [6.07, 6.45) is 0.493. The van der Waals surface area contributed by atoms with Gasteiger partial charge in [0.2, 0.25) is 70.9 Å². The van der Waals surface area contributed by atoms with Crippen LogP contribution in [-0.2, 0) is 57.5 Å². The molecule has 0 aliphatic carbocycles. The summed E-state index contributed by atoms with van der Waals surface area (Å²) in [4.78, 5) is 146. The molecule has 304 valence electrons. The summed E-state index contributed by atoms with van der Waals surface area (Å²) < 4.78 is 0. The molecule has 2 unspecified atom stereocenters. The van der Waals surface area contributed by atoms with E-state index < -0.39 is 104 Å². The highest BCUT2D eigenvalue weighted by molar-refractivity contribution is 7.81. The van der Waals surface area contributed by atoms with Crippen LogP contribution in [0.5, 0.6) is 0 Å². The monoisotopic (exact) mass is 796 g/mol. The maximum atomic E-state index is 12.4. The molecule has 2 saturated heterocycles. The van der Waals surface area contributed by atoms with Crippen molar-refractivity contribution in [3.8, 4) is 0 Å². The minimum atomic E-state index is -0.767. The van der Waals surface area contributed by atoms with Crippen molar-refractivity contribution in [2.45, 2.75) is 57.6 Å². The zero-order valence-corrected chi connectivity index (χ0v) is 31.5. The maximum Gasteiger partial charge on any atom is 0.244 e. The minimum Gasteiger partial charge on any atom is -0.353 e. The topological polar surface area (TPSA) is 308 Å². The first-order chi connectivity index (χ1) is 26.0. The van der Waals surface area contributed by atoms with Gasteiger partial charge in [0.1, 0.15) is 6.67 Å². The third-order valence-corrected chi connectivity index (χ3v) is 8.29. The quantitative estimate of drug-likeness (QED) is 0.0346. The van der Waals surface area contributed by atoms with Gasteiger partial charge in [0.05, 0.1) is 44.5 Å². The second-order valence-corrected chi connectivity index (χ2v) is 13.5. The Balaban J connectivity index is 1.46. The molecule has 0 aromatic heterocycles. The number of carbonyl (C=O) groups excluding carboxylic acids is 12. The highest BCUT2D eigenvalue weighted by atomic mass is 32.1. The van der Waals surface area contributed by atoms with Gasteiger partial charge in [-0.05, 0) is 18.8 Å². The van der Waals surface area contributed by atoms with E-state index in [1.807, 2.05) is 13.8 Å². The van der Waals surface area contributed by atoms with Crippen LogP contribution >= 0.6 is 12.6 Å². The molecule has 0 saturated carbocycles. The van der Waals surface area contributed by atoms with Crippen molar-refractivity contribution in [1.29, 1.82) is 0 Å². The van der Waals surface area contributed by atoms with E-state index in [1.54, 1.807) is 0 Å². The Morgan fingerprint density at radius 2 is 0.964 bits per heavy atom. The van der Waals surface area contributed by atoms with Crippen LogP contribution in [0.3, 0.4) is 0 Å². The normalized spacial score (nSPS) is 16.4. The Morgan fingerprint density at radius 1 is 0.564 bits per heavy atom. The molecule has 0 radical (unpaired) electrons. The van der Waals surface area contributed by atoms with Crippen molar-refractivity contribution in [3.05, 3.63) is 0 Å². The summed E-state index contributed by atoms with van der Waals surface area (Å²) >= 11 is 3.97. The van der Waals surface area contributed by atoms with Gasteiger partial charge in [-0.1, -0.05) is 13.8 Å². The molecule has 55 heavy (non-hydrogen) atoms. The second-order valence-electron chi connectivity index (χ2n) is 12.9. The van der Waals surface area contributed by atoms with Crippen molar-refractivity contribution in [2.75, 3.05) is 59.0 Å². The molecule has 2 atom stereocenters. The number of hydrogen-bond acceptors (Lipinski definition) is 13. The fraction of sp³-hybridized carbons (Fsp3) is 0.625. The molecule has 2 fully saturated rings. The standard InChI is InChI=1S/C32H48N10O12S/c1-18(2)8-19-9-29(51)41(31(19)53)7-6-33-23(45)11-36-26(48)14-37-24(46)12-34-21(43)4-3-5-22(44)35-13-25(47)38-15-27(49)39-16-28(50)40-17-42-30(52)10-20(55)32(42)54/h18-20,55H,3-17H2,1-2H3,(H,33,45)(H,34,43)(H,35,44)(H,36,48)(H,37,46)(H,38,47)(H,39,49)(H,40,50). The first kappa shape index (κ1) is 45.5. The first-order valence-electron chi connectivity index (χ1n) is 17.5. The van der Waals surface area contributed by atoms with E-state index in [2.05, 4.69) is 55.2 Å². The van der Waals surface area contributed by atoms with Gasteiger partial charge < -0.3 is 42.5 Å². The van der Waals surface area contributed by atoms with Crippen LogP contribution in [0, 0.1) is 11.8 Å². The van der Waals surface area contributed by atoms with Crippen LogP contribution in [0.25, 0.3) is 0 Å². The average Bonchev–Trinajstić information content (AvgIpc) is 3.53. The van der Waals surface area contributed by atoms with Crippen LogP contribution in [0.4, 0.5) is 0 Å². The summed E-state index contributed by atoms with van der Waals surface area (Å²) in [6.45, 7) is 0.795. The number of nitrogens with one attached hydrogen (secondary N) is 8. The van der Waals surface area contributed by atoms with Gasteiger partial charge in [0.15, 0.2) is 0 Å². The fourth-order valence-electron chi connectivity index (χ4n) is 5.08. The minimum absolute atomic E-state index is 0.0170. The molecule has 23 heteroatoms. The number of likely N-dealkylation sites (tertiary alicyclic amines) is 2. The fourth-order valence-corrected chi connectivity index (χ4v) is 5.38. The highest BCUT2D eigenvalue weighted by Gasteiger charge is 2.38. The molecule has 0 spiro atoms. The average molecular weight is 797 g/mol. The summed E-state index contributed by atoms with van der Waals surface area (Å²) in [5.41, 5.74) is 0. The second kappa shape index (κ2) is 23.2. The molecule has 2 rings (SSSR count). The molecule has 0 bridgehead atoms. The largest absolute Gasteiger partial charge is 0.353 e. The lowest BCUT2D eigenvalue weighted by molar-refractivity contribution is -0.141. The summed E-state index contributed by atoms with van der Waals surface area (Å²) in [5, 5.41) is 17.7. The molecule has 0 aromatic rings. The summed E-state index contributed by atoms with van der Waals surface area (Å²) in [5.74, 6) is -6.83. The number of thiol groups is 1. The smallest absolute Gasteiger partial charge is 0.244 e. The van der Waals surface area contributed by atoms with Gasteiger partial charge in [0, 0.05) is 44.7 Å². The Kier molecular flexibility index (Phi) is 19.2. The molecule has 8 N–H and O–H groups in total. The van der Waals surface area contributed by atoms with E-state index in [0.29, 0.717) is 6.42 Å². The van der Waals surface area contributed by atoms with Gasteiger partial charge in [-0.2, -0.15) is 12.6 Å². The summed E-state index contributed by atoms with van der Waals surface area (Å²) in [7, 11) is 0. The molecule has 0 aromatic carbocycles. The zero-order chi connectivity index (χ0) is 41.1. The van der Waals surface area contributed by atoms with Crippen LogP contribution < -0.4 is 42.5 Å². The number of imide groups is 2.